The number of hydrogen-bond acceptors (Lipinski definition) is 4. The van der Waals surface area contributed by atoms with Crippen LogP contribution in [0.15, 0.2) is 42.5 Å². The van der Waals surface area contributed by atoms with Crippen LogP contribution in [0.25, 0.3) is 0 Å². The Kier molecular flexibility index (Phi) is 5.98. The number of quaternary nitrogens is 1. The number of amides is 1. The fourth-order valence-corrected chi connectivity index (χ4v) is 5.12. The van der Waals surface area contributed by atoms with Crippen LogP contribution in [0, 0.1) is 0 Å². The van der Waals surface area contributed by atoms with Crippen LogP contribution in [0.5, 0.6) is 11.5 Å². The van der Waals surface area contributed by atoms with Crippen LogP contribution in [0.4, 0.5) is 11.4 Å². The first-order chi connectivity index (χ1) is 15.3. The zero-order valence-corrected chi connectivity index (χ0v) is 18.1. The number of anilines is 2. The van der Waals surface area contributed by atoms with Crippen LogP contribution in [-0.4, -0.2) is 45.3 Å². The Morgan fingerprint density at radius 1 is 0.968 bits per heavy atom. The molecule has 2 atom stereocenters. The third-order valence-corrected chi connectivity index (χ3v) is 6.71. The van der Waals surface area contributed by atoms with Gasteiger partial charge in [-0.25, -0.2) is 0 Å². The molecular formula is C25H32N3O3+. The number of likely N-dealkylation sites (tertiary alicyclic amines) is 1. The number of carbonyl (C=O) groups is 1. The molecule has 0 aliphatic carbocycles. The molecule has 164 valence electrons. The molecule has 2 N–H and O–H groups in total. The maximum absolute atomic E-state index is 12.8. The van der Waals surface area contributed by atoms with Crippen molar-refractivity contribution in [3.05, 3.63) is 48.0 Å². The SMILES string of the molecule is O=C(C[NH+]1CCC[C@H]1c1ccc2c(c1)OCCO2)Nc1ccc(N2CCCCC2)cc1. The quantitative estimate of drug-likeness (QED) is 0.778. The summed E-state index contributed by atoms with van der Waals surface area (Å²) in [5, 5.41) is 3.10. The Bertz CT molecular complexity index is 909. The highest BCUT2D eigenvalue weighted by molar-refractivity contribution is 5.91. The third-order valence-electron chi connectivity index (χ3n) is 6.71. The summed E-state index contributed by atoms with van der Waals surface area (Å²) >= 11 is 0. The maximum atomic E-state index is 12.8. The van der Waals surface area contributed by atoms with Crippen LogP contribution in [-0.2, 0) is 4.79 Å². The van der Waals surface area contributed by atoms with Gasteiger partial charge in [-0.05, 0) is 61.7 Å². The van der Waals surface area contributed by atoms with E-state index in [0.717, 1.165) is 49.7 Å². The van der Waals surface area contributed by atoms with Crippen molar-refractivity contribution in [2.45, 2.75) is 38.1 Å². The number of piperidine rings is 1. The van der Waals surface area contributed by atoms with E-state index >= 15 is 0 Å². The van der Waals surface area contributed by atoms with Crippen molar-refractivity contribution in [3.63, 3.8) is 0 Å². The van der Waals surface area contributed by atoms with E-state index in [2.05, 4.69) is 34.5 Å². The molecule has 5 rings (SSSR count). The number of hydrogen-bond donors (Lipinski definition) is 2. The lowest BCUT2D eigenvalue weighted by atomic mass is 10.0. The van der Waals surface area contributed by atoms with Crippen molar-refractivity contribution >= 4 is 17.3 Å². The molecule has 3 aliphatic heterocycles. The highest BCUT2D eigenvalue weighted by atomic mass is 16.6. The number of benzene rings is 2. The Balaban J connectivity index is 1.20. The summed E-state index contributed by atoms with van der Waals surface area (Å²) < 4.78 is 11.4. The van der Waals surface area contributed by atoms with Gasteiger partial charge in [0, 0.05) is 42.9 Å². The predicted molar refractivity (Wildman–Crippen MR) is 121 cm³/mol. The molecular weight excluding hydrogens is 390 g/mol. The van der Waals surface area contributed by atoms with Crippen LogP contribution in [0.2, 0.25) is 0 Å². The Hall–Kier alpha value is -2.73. The van der Waals surface area contributed by atoms with E-state index in [1.807, 2.05) is 18.2 Å². The fourth-order valence-electron chi connectivity index (χ4n) is 5.12. The lowest BCUT2D eigenvalue weighted by Crippen LogP contribution is -3.11. The first-order valence-corrected chi connectivity index (χ1v) is 11.7. The molecule has 31 heavy (non-hydrogen) atoms. The summed E-state index contributed by atoms with van der Waals surface area (Å²) in [6, 6.07) is 14.9. The molecule has 6 heteroatoms. The van der Waals surface area contributed by atoms with Crippen LogP contribution < -0.4 is 24.6 Å². The lowest BCUT2D eigenvalue weighted by molar-refractivity contribution is -0.910. The van der Waals surface area contributed by atoms with E-state index in [-0.39, 0.29) is 5.91 Å². The van der Waals surface area contributed by atoms with Crippen molar-refractivity contribution < 1.29 is 19.2 Å². The molecule has 0 bridgehead atoms. The largest absolute Gasteiger partial charge is 0.486 e. The standard InChI is InChI=1S/C25H31N3O3/c29-25(26-20-7-9-21(10-8-20)27-12-2-1-3-13-27)18-28-14-4-5-22(28)19-6-11-23-24(17-19)31-16-15-30-23/h6-11,17,22H,1-5,12-16,18H2,(H,26,29)/p+1/t22-/m0/s1. The van der Waals surface area contributed by atoms with Crippen LogP contribution >= 0.6 is 0 Å². The van der Waals surface area contributed by atoms with Crippen LogP contribution in [0.3, 0.4) is 0 Å². The second-order valence-corrected chi connectivity index (χ2v) is 8.83. The molecule has 0 aromatic heterocycles. The van der Waals surface area contributed by atoms with Crippen molar-refractivity contribution in [3.8, 4) is 11.5 Å². The number of fused-ring (bicyclic) bond motifs is 1. The summed E-state index contributed by atoms with van der Waals surface area (Å²) in [4.78, 5) is 16.5. The van der Waals surface area contributed by atoms with Gasteiger partial charge in [-0.15, -0.1) is 0 Å². The van der Waals surface area contributed by atoms with E-state index in [1.165, 1.54) is 35.4 Å². The van der Waals surface area contributed by atoms with Gasteiger partial charge in [0.1, 0.15) is 19.3 Å². The molecule has 2 aromatic rings. The molecule has 3 aliphatic rings. The van der Waals surface area contributed by atoms with E-state index in [4.69, 9.17) is 9.47 Å². The lowest BCUT2D eigenvalue weighted by Gasteiger charge is -2.28. The van der Waals surface area contributed by atoms with Crippen LogP contribution in [0.1, 0.15) is 43.7 Å². The molecule has 2 saturated heterocycles. The molecule has 2 fully saturated rings. The molecule has 2 aromatic carbocycles. The van der Waals surface area contributed by atoms with Gasteiger partial charge in [0.25, 0.3) is 5.91 Å². The van der Waals surface area contributed by atoms with Crippen molar-refractivity contribution in [2.24, 2.45) is 0 Å². The summed E-state index contributed by atoms with van der Waals surface area (Å²) in [7, 11) is 0. The molecule has 1 unspecified atom stereocenters. The molecule has 1 amide bonds. The van der Waals surface area contributed by atoms with Gasteiger partial charge in [-0.3, -0.25) is 4.79 Å². The third kappa shape index (κ3) is 4.64. The van der Waals surface area contributed by atoms with Crippen molar-refractivity contribution in [2.75, 3.05) is 49.6 Å². The van der Waals surface area contributed by atoms with Gasteiger partial charge < -0.3 is 24.6 Å². The van der Waals surface area contributed by atoms with Gasteiger partial charge >= 0.3 is 0 Å². The summed E-state index contributed by atoms with van der Waals surface area (Å²) in [6.45, 7) is 4.95. The maximum Gasteiger partial charge on any atom is 0.279 e. The number of carbonyl (C=O) groups excluding carboxylic acids is 1. The van der Waals surface area contributed by atoms with E-state index in [1.54, 1.807) is 0 Å². The molecule has 0 spiro atoms. The number of ether oxygens (including phenoxy) is 2. The normalized spacial score (nSPS) is 22.9. The first-order valence-electron chi connectivity index (χ1n) is 11.7. The minimum Gasteiger partial charge on any atom is -0.486 e. The van der Waals surface area contributed by atoms with Gasteiger partial charge in [0.15, 0.2) is 18.0 Å². The minimum atomic E-state index is 0.0742. The van der Waals surface area contributed by atoms with E-state index in [9.17, 15) is 4.79 Å². The summed E-state index contributed by atoms with van der Waals surface area (Å²) in [5.74, 6) is 1.72. The predicted octanol–water partition coefficient (Wildman–Crippen LogP) is 2.81. The fraction of sp³-hybridized carbons (Fsp3) is 0.480. The first kappa shape index (κ1) is 20.2. The topological polar surface area (TPSA) is 55.2 Å². The second kappa shape index (κ2) is 9.18. The second-order valence-electron chi connectivity index (χ2n) is 8.83. The van der Waals surface area contributed by atoms with Gasteiger partial charge in [0.2, 0.25) is 0 Å². The molecule has 3 heterocycles. The van der Waals surface area contributed by atoms with Gasteiger partial charge in [-0.1, -0.05) is 0 Å². The van der Waals surface area contributed by atoms with Gasteiger partial charge in [-0.2, -0.15) is 0 Å². The molecule has 0 radical (unpaired) electrons. The number of rotatable bonds is 5. The molecule has 6 nitrogen and oxygen atoms in total. The van der Waals surface area contributed by atoms with E-state index in [0.29, 0.717) is 25.8 Å². The highest BCUT2D eigenvalue weighted by Crippen LogP contribution is 2.33. The monoisotopic (exact) mass is 422 g/mol. The average molecular weight is 423 g/mol. The average Bonchev–Trinajstić information content (AvgIpc) is 3.27. The molecule has 0 saturated carbocycles. The zero-order chi connectivity index (χ0) is 21.0. The summed E-state index contributed by atoms with van der Waals surface area (Å²) in [6.07, 6.45) is 6.08. The number of nitrogens with one attached hydrogen (secondary N) is 2. The van der Waals surface area contributed by atoms with E-state index < -0.39 is 0 Å². The highest BCUT2D eigenvalue weighted by Gasteiger charge is 2.32. The Morgan fingerprint density at radius 2 is 1.74 bits per heavy atom. The summed E-state index contributed by atoms with van der Waals surface area (Å²) in [5.41, 5.74) is 3.36. The smallest absolute Gasteiger partial charge is 0.279 e. The van der Waals surface area contributed by atoms with Crippen molar-refractivity contribution in [1.82, 2.24) is 0 Å². The Labute approximate surface area is 184 Å². The van der Waals surface area contributed by atoms with Gasteiger partial charge in [0.05, 0.1) is 6.54 Å². The Morgan fingerprint density at radius 3 is 2.55 bits per heavy atom. The zero-order valence-electron chi connectivity index (χ0n) is 18.1. The van der Waals surface area contributed by atoms with Crippen molar-refractivity contribution in [1.29, 1.82) is 0 Å². The minimum absolute atomic E-state index is 0.0742. The number of nitrogens with zero attached hydrogens (tertiary/aromatic N) is 1.